The molecule has 1 rings (SSSR count). The summed E-state index contributed by atoms with van der Waals surface area (Å²) in [6.07, 6.45) is 0. The van der Waals surface area contributed by atoms with Crippen LogP contribution in [0.3, 0.4) is 0 Å². The second-order valence-corrected chi connectivity index (χ2v) is 5.56. The van der Waals surface area contributed by atoms with E-state index in [9.17, 15) is 4.79 Å². The van der Waals surface area contributed by atoms with Gasteiger partial charge in [0.15, 0.2) is 0 Å². The molecule has 0 heterocycles. The molecule has 0 aromatic heterocycles. The van der Waals surface area contributed by atoms with Crippen molar-refractivity contribution in [3.8, 4) is 0 Å². The van der Waals surface area contributed by atoms with Gasteiger partial charge in [0.1, 0.15) is 0 Å². The van der Waals surface area contributed by atoms with Crippen molar-refractivity contribution in [3.05, 3.63) is 35.9 Å². The summed E-state index contributed by atoms with van der Waals surface area (Å²) in [6, 6.07) is 10.0. The first kappa shape index (κ1) is 16.5. The first-order valence-corrected chi connectivity index (χ1v) is 7.15. The predicted molar refractivity (Wildman–Crippen MR) is 81.8 cm³/mol. The fourth-order valence-electron chi connectivity index (χ4n) is 2.10. The molecule has 0 aliphatic heterocycles. The number of hydrogen-bond donors (Lipinski definition) is 2. The molecule has 0 radical (unpaired) electrons. The van der Waals surface area contributed by atoms with Gasteiger partial charge in [-0.3, -0.25) is 0 Å². The van der Waals surface area contributed by atoms with Gasteiger partial charge in [0.05, 0.1) is 6.61 Å². The van der Waals surface area contributed by atoms with Crippen LogP contribution in [-0.2, 0) is 5.41 Å². The van der Waals surface area contributed by atoms with E-state index in [2.05, 4.69) is 31.3 Å². The Bertz CT molecular complexity index is 418. The van der Waals surface area contributed by atoms with E-state index in [1.165, 1.54) is 5.56 Å². The number of aliphatic hydroxyl groups is 1. The van der Waals surface area contributed by atoms with Gasteiger partial charge in [0, 0.05) is 24.5 Å². The monoisotopic (exact) mass is 278 g/mol. The van der Waals surface area contributed by atoms with E-state index < -0.39 is 0 Å². The molecule has 1 aromatic rings. The van der Waals surface area contributed by atoms with Crippen LogP contribution in [0.4, 0.5) is 4.79 Å². The van der Waals surface area contributed by atoms with Crippen LogP contribution in [0, 0.1) is 0 Å². The molecule has 0 aliphatic rings. The molecule has 0 aliphatic carbocycles. The summed E-state index contributed by atoms with van der Waals surface area (Å²) in [5, 5.41) is 12.0. The van der Waals surface area contributed by atoms with E-state index in [0.717, 1.165) is 0 Å². The van der Waals surface area contributed by atoms with Crippen molar-refractivity contribution < 1.29 is 9.90 Å². The lowest BCUT2D eigenvalue weighted by Crippen LogP contribution is -2.51. The second-order valence-electron chi connectivity index (χ2n) is 5.56. The SMILES string of the molecule is CCN(CCO)C(=O)NC(C)C(C)(C)c1ccccc1. The fraction of sp³-hybridized carbons (Fsp3) is 0.562. The molecule has 2 amide bonds. The van der Waals surface area contributed by atoms with Crippen LogP contribution in [0.25, 0.3) is 0 Å². The second kappa shape index (κ2) is 7.29. The zero-order chi connectivity index (χ0) is 15.2. The Morgan fingerprint density at radius 2 is 1.95 bits per heavy atom. The Hall–Kier alpha value is -1.55. The first-order chi connectivity index (χ1) is 9.43. The molecule has 2 N–H and O–H groups in total. The molecule has 1 unspecified atom stereocenters. The topological polar surface area (TPSA) is 52.6 Å². The summed E-state index contributed by atoms with van der Waals surface area (Å²) in [6.45, 7) is 9.09. The Morgan fingerprint density at radius 1 is 1.35 bits per heavy atom. The fourth-order valence-corrected chi connectivity index (χ4v) is 2.10. The Balaban J connectivity index is 2.74. The molecule has 1 aromatic carbocycles. The number of amides is 2. The van der Waals surface area contributed by atoms with Crippen LogP contribution >= 0.6 is 0 Å². The van der Waals surface area contributed by atoms with Gasteiger partial charge in [-0.1, -0.05) is 44.2 Å². The number of rotatable bonds is 6. The molecule has 0 fully saturated rings. The number of carbonyl (C=O) groups is 1. The third-order valence-corrected chi connectivity index (χ3v) is 3.98. The van der Waals surface area contributed by atoms with Crippen molar-refractivity contribution in [1.29, 1.82) is 0 Å². The van der Waals surface area contributed by atoms with E-state index in [-0.39, 0.29) is 24.1 Å². The quantitative estimate of drug-likeness (QED) is 0.839. The molecular formula is C16H26N2O2. The summed E-state index contributed by atoms with van der Waals surface area (Å²) in [4.78, 5) is 13.8. The van der Waals surface area contributed by atoms with E-state index in [1.54, 1.807) is 4.90 Å². The van der Waals surface area contributed by atoms with E-state index in [0.29, 0.717) is 13.1 Å². The number of urea groups is 1. The normalized spacial score (nSPS) is 12.8. The maximum absolute atomic E-state index is 12.2. The summed E-state index contributed by atoms with van der Waals surface area (Å²) in [7, 11) is 0. The Labute approximate surface area is 121 Å². The number of benzene rings is 1. The van der Waals surface area contributed by atoms with Gasteiger partial charge in [-0.25, -0.2) is 4.79 Å². The zero-order valence-electron chi connectivity index (χ0n) is 12.9. The largest absolute Gasteiger partial charge is 0.395 e. The predicted octanol–water partition coefficient (Wildman–Crippen LogP) is 2.38. The highest BCUT2D eigenvalue weighted by Crippen LogP contribution is 2.26. The smallest absolute Gasteiger partial charge is 0.317 e. The molecule has 0 spiro atoms. The third kappa shape index (κ3) is 3.97. The molecule has 112 valence electrons. The molecule has 0 saturated carbocycles. The van der Waals surface area contributed by atoms with Gasteiger partial charge in [0.25, 0.3) is 0 Å². The maximum Gasteiger partial charge on any atom is 0.317 e. The lowest BCUT2D eigenvalue weighted by molar-refractivity contribution is 0.173. The Morgan fingerprint density at radius 3 is 2.45 bits per heavy atom. The zero-order valence-corrected chi connectivity index (χ0v) is 12.9. The standard InChI is InChI=1S/C16H26N2O2/c1-5-18(11-12-19)15(20)17-13(2)16(3,4)14-9-7-6-8-10-14/h6-10,13,19H,5,11-12H2,1-4H3,(H,17,20). The summed E-state index contributed by atoms with van der Waals surface area (Å²) in [5.74, 6) is 0. The first-order valence-electron chi connectivity index (χ1n) is 7.15. The Kier molecular flexibility index (Phi) is 6.02. The molecule has 20 heavy (non-hydrogen) atoms. The lowest BCUT2D eigenvalue weighted by Gasteiger charge is -2.34. The average Bonchev–Trinajstić information content (AvgIpc) is 2.45. The molecule has 0 bridgehead atoms. The molecule has 4 nitrogen and oxygen atoms in total. The highest BCUT2D eigenvalue weighted by atomic mass is 16.3. The van der Waals surface area contributed by atoms with Crippen molar-refractivity contribution in [2.45, 2.75) is 39.2 Å². The van der Waals surface area contributed by atoms with Gasteiger partial charge >= 0.3 is 6.03 Å². The minimum Gasteiger partial charge on any atom is -0.395 e. The highest BCUT2D eigenvalue weighted by molar-refractivity contribution is 5.74. The maximum atomic E-state index is 12.2. The van der Waals surface area contributed by atoms with Gasteiger partial charge in [-0.2, -0.15) is 0 Å². The third-order valence-electron chi connectivity index (χ3n) is 3.98. The summed E-state index contributed by atoms with van der Waals surface area (Å²) < 4.78 is 0. The van der Waals surface area contributed by atoms with Gasteiger partial charge < -0.3 is 15.3 Å². The van der Waals surface area contributed by atoms with Crippen LogP contribution in [0.15, 0.2) is 30.3 Å². The van der Waals surface area contributed by atoms with Crippen LogP contribution in [0.1, 0.15) is 33.3 Å². The molecular weight excluding hydrogens is 252 g/mol. The number of nitrogens with one attached hydrogen (secondary N) is 1. The lowest BCUT2D eigenvalue weighted by atomic mass is 9.78. The molecule has 0 saturated heterocycles. The number of likely N-dealkylation sites (N-methyl/N-ethyl adjacent to an activating group) is 1. The minimum atomic E-state index is -0.157. The van der Waals surface area contributed by atoms with Crippen LogP contribution in [-0.4, -0.2) is 41.8 Å². The van der Waals surface area contributed by atoms with Crippen LogP contribution in [0.5, 0.6) is 0 Å². The molecule has 1 atom stereocenters. The number of aliphatic hydroxyl groups excluding tert-OH is 1. The van der Waals surface area contributed by atoms with E-state index in [1.807, 2.05) is 32.0 Å². The van der Waals surface area contributed by atoms with Gasteiger partial charge in [-0.15, -0.1) is 0 Å². The summed E-state index contributed by atoms with van der Waals surface area (Å²) >= 11 is 0. The van der Waals surface area contributed by atoms with Crippen molar-refractivity contribution in [3.63, 3.8) is 0 Å². The average molecular weight is 278 g/mol. The number of hydrogen-bond acceptors (Lipinski definition) is 2. The van der Waals surface area contributed by atoms with Crippen LogP contribution < -0.4 is 5.32 Å². The summed E-state index contributed by atoms with van der Waals surface area (Å²) in [5.41, 5.74) is 1.04. The minimum absolute atomic E-state index is 0.00913. The molecule has 4 heteroatoms. The van der Waals surface area contributed by atoms with Crippen molar-refractivity contribution >= 4 is 6.03 Å². The highest BCUT2D eigenvalue weighted by Gasteiger charge is 2.29. The number of nitrogens with zero attached hydrogens (tertiary/aromatic N) is 1. The van der Waals surface area contributed by atoms with Crippen molar-refractivity contribution in [1.82, 2.24) is 10.2 Å². The van der Waals surface area contributed by atoms with Crippen LogP contribution in [0.2, 0.25) is 0 Å². The van der Waals surface area contributed by atoms with Gasteiger partial charge in [-0.05, 0) is 19.4 Å². The van der Waals surface area contributed by atoms with Crippen molar-refractivity contribution in [2.75, 3.05) is 19.7 Å². The van der Waals surface area contributed by atoms with Gasteiger partial charge in [0.2, 0.25) is 0 Å². The number of carbonyl (C=O) groups excluding carboxylic acids is 1. The van der Waals surface area contributed by atoms with Crippen molar-refractivity contribution in [2.24, 2.45) is 0 Å². The van der Waals surface area contributed by atoms with E-state index in [4.69, 9.17) is 5.11 Å². The van der Waals surface area contributed by atoms with E-state index >= 15 is 0 Å².